The van der Waals surface area contributed by atoms with Crippen LogP contribution in [0.25, 0.3) is 0 Å². The maximum Gasteiger partial charge on any atom is 0.273 e. The van der Waals surface area contributed by atoms with E-state index in [-0.39, 0.29) is 5.91 Å². The Labute approximate surface area is 133 Å². The maximum absolute atomic E-state index is 11.8. The number of ether oxygens (including phenoxy) is 1. The van der Waals surface area contributed by atoms with Gasteiger partial charge >= 0.3 is 0 Å². The van der Waals surface area contributed by atoms with Gasteiger partial charge < -0.3 is 14.5 Å². The first-order valence-corrected chi connectivity index (χ1v) is 7.02. The zero-order chi connectivity index (χ0) is 15.9. The highest BCUT2D eigenvalue weighted by atomic mass is 32.1. The Morgan fingerprint density at radius 2 is 1.95 bits per heavy atom. The largest absolute Gasteiger partial charge is 0.497 e. The molecule has 0 saturated heterocycles. The predicted octanol–water partition coefficient (Wildman–Crippen LogP) is 1.91. The first kappa shape index (κ1) is 15.8. The Morgan fingerprint density at radius 3 is 2.55 bits per heavy atom. The van der Waals surface area contributed by atoms with Gasteiger partial charge in [0.1, 0.15) is 11.5 Å². The van der Waals surface area contributed by atoms with Crippen LogP contribution in [0.15, 0.2) is 41.0 Å². The second kappa shape index (κ2) is 7.46. The van der Waals surface area contributed by atoms with E-state index in [2.05, 4.69) is 16.2 Å². The van der Waals surface area contributed by atoms with E-state index in [1.165, 1.54) is 6.26 Å². The standard InChI is InChI=1S/C15H17N3O3S/c1-10-13(7-8-21-10)14(19)17-18-15(22)16-9-11-3-5-12(20-2)6-4-11/h3-8H,9H2,1-2H3,(H,17,19)(H2,16,18,22). The number of furan rings is 1. The zero-order valence-corrected chi connectivity index (χ0v) is 13.1. The van der Waals surface area contributed by atoms with E-state index in [0.717, 1.165) is 11.3 Å². The number of hydrogen-bond donors (Lipinski definition) is 3. The second-order valence-electron chi connectivity index (χ2n) is 4.50. The molecular weight excluding hydrogens is 302 g/mol. The Kier molecular flexibility index (Phi) is 5.37. The van der Waals surface area contributed by atoms with Gasteiger partial charge in [-0.25, -0.2) is 0 Å². The fraction of sp³-hybridized carbons (Fsp3) is 0.200. The number of hydrazine groups is 1. The Morgan fingerprint density at radius 1 is 1.23 bits per heavy atom. The predicted molar refractivity (Wildman–Crippen MR) is 86.5 cm³/mol. The molecule has 0 aliphatic carbocycles. The Bertz CT molecular complexity index is 652. The zero-order valence-electron chi connectivity index (χ0n) is 12.3. The molecule has 7 heteroatoms. The number of benzene rings is 1. The number of carbonyl (C=O) groups is 1. The van der Waals surface area contributed by atoms with Gasteiger partial charge in [-0.3, -0.25) is 15.6 Å². The number of nitrogens with one attached hydrogen (secondary N) is 3. The molecule has 0 atom stereocenters. The molecule has 2 rings (SSSR count). The van der Waals surface area contributed by atoms with Crippen LogP contribution in [-0.2, 0) is 6.54 Å². The molecule has 3 N–H and O–H groups in total. The third-order valence-electron chi connectivity index (χ3n) is 3.01. The van der Waals surface area contributed by atoms with Crippen LogP contribution >= 0.6 is 12.2 Å². The molecule has 1 aromatic carbocycles. The topological polar surface area (TPSA) is 75.5 Å². The van der Waals surface area contributed by atoms with Crippen molar-refractivity contribution in [1.29, 1.82) is 0 Å². The Balaban J connectivity index is 1.76. The minimum absolute atomic E-state index is 0.306. The molecule has 2 aromatic rings. The van der Waals surface area contributed by atoms with Crippen molar-refractivity contribution >= 4 is 23.2 Å². The number of carbonyl (C=O) groups excluding carboxylic acids is 1. The summed E-state index contributed by atoms with van der Waals surface area (Å²) in [5.41, 5.74) is 6.66. The maximum atomic E-state index is 11.8. The van der Waals surface area contributed by atoms with E-state index in [0.29, 0.717) is 23.0 Å². The summed E-state index contributed by atoms with van der Waals surface area (Å²) in [6.45, 7) is 2.26. The fourth-order valence-electron chi connectivity index (χ4n) is 1.77. The van der Waals surface area contributed by atoms with Crippen LogP contribution in [0.3, 0.4) is 0 Å². The molecule has 0 spiro atoms. The monoisotopic (exact) mass is 319 g/mol. The quantitative estimate of drug-likeness (QED) is 0.590. The van der Waals surface area contributed by atoms with Crippen LogP contribution in [0.5, 0.6) is 5.75 Å². The average molecular weight is 319 g/mol. The summed E-state index contributed by atoms with van der Waals surface area (Å²) in [5.74, 6) is 1.04. The number of rotatable bonds is 4. The second-order valence-corrected chi connectivity index (χ2v) is 4.91. The van der Waals surface area contributed by atoms with Crippen molar-refractivity contribution in [3.8, 4) is 5.75 Å². The highest BCUT2D eigenvalue weighted by Crippen LogP contribution is 2.11. The van der Waals surface area contributed by atoms with Crippen molar-refractivity contribution in [1.82, 2.24) is 16.2 Å². The van der Waals surface area contributed by atoms with Crippen molar-refractivity contribution in [3.05, 3.63) is 53.5 Å². The lowest BCUT2D eigenvalue weighted by molar-refractivity contribution is 0.0942. The Hall–Kier alpha value is -2.54. The molecule has 1 aromatic heterocycles. The lowest BCUT2D eigenvalue weighted by atomic mass is 10.2. The third-order valence-corrected chi connectivity index (χ3v) is 3.25. The number of amides is 1. The van der Waals surface area contributed by atoms with Gasteiger partial charge in [-0.15, -0.1) is 0 Å². The SMILES string of the molecule is COc1ccc(CNC(=S)NNC(=O)c2ccoc2C)cc1. The van der Waals surface area contributed by atoms with Gasteiger partial charge in [0.05, 0.1) is 18.9 Å². The molecule has 1 amide bonds. The first-order chi connectivity index (χ1) is 10.6. The molecule has 0 fully saturated rings. The normalized spacial score (nSPS) is 9.91. The highest BCUT2D eigenvalue weighted by Gasteiger charge is 2.10. The molecule has 0 aliphatic heterocycles. The van der Waals surface area contributed by atoms with Crippen LogP contribution in [0, 0.1) is 6.92 Å². The summed E-state index contributed by atoms with van der Waals surface area (Å²) in [5, 5.41) is 3.32. The number of methoxy groups -OCH3 is 1. The van der Waals surface area contributed by atoms with E-state index >= 15 is 0 Å². The van der Waals surface area contributed by atoms with Crippen molar-refractivity contribution in [3.63, 3.8) is 0 Å². The molecule has 0 saturated carbocycles. The van der Waals surface area contributed by atoms with Gasteiger partial charge in [-0.2, -0.15) is 0 Å². The van der Waals surface area contributed by atoms with Crippen LogP contribution in [0.1, 0.15) is 21.7 Å². The molecule has 1 heterocycles. The smallest absolute Gasteiger partial charge is 0.273 e. The summed E-state index contributed by atoms with van der Waals surface area (Å²) in [6, 6.07) is 9.21. The van der Waals surface area contributed by atoms with Gasteiger partial charge in [0.15, 0.2) is 5.11 Å². The van der Waals surface area contributed by atoms with Crippen LogP contribution in [0.4, 0.5) is 0 Å². The van der Waals surface area contributed by atoms with Crippen LogP contribution < -0.4 is 20.9 Å². The minimum Gasteiger partial charge on any atom is -0.497 e. The van der Waals surface area contributed by atoms with E-state index in [4.69, 9.17) is 21.4 Å². The van der Waals surface area contributed by atoms with Gasteiger partial charge in [0, 0.05) is 6.54 Å². The molecule has 0 bridgehead atoms. The van der Waals surface area contributed by atoms with E-state index in [1.807, 2.05) is 24.3 Å². The minimum atomic E-state index is -0.306. The van der Waals surface area contributed by atoms with Gasteiger partial charge in [0.2, 0.25) is 0 Å². The van der Waals surface area contributed by atoms with Crippen molar-refractivity contribution in [2.24, 2.45) is 0 Å². The van der Waals surface area contributed by atoms with Crippen molar-refractivity contribution in [2.75, 3.05) is 7.11 Å². The summed E-state index contributed by atoms with van der Waals surface area (Å²) in [6.07, 6.45) is 1.46. The summed E-state index contributed by atoms with van der Waals surface area (Å²) in [4.78, 5) is 11.8. The molecular formula is C15H17N3O3S. The van der Waals surface area contributed by atoms with Gasteiger partial charge in [-0.1, -0.05) is 12.1 Å². The average Bonchev–Trinajstić information content (AvgIpc) is 2.97. The summed E-state index contributed by atoms with van der Waals surface area (Å²) >= 11 is 5.10. The first-order valence-electron chi connectivity index (χ1n) is 6.61. The molecule has 22 heavy (non-hydrogen) atoms. The molecule has 0 unspecified atom stereocenters. The van der Waals surface area contributed by atoms with E-state index < -0.39 is 0 Å². The highest BCUT2D eigenvalue weighted by molar-refractivity contribution is 7.80. The van der Waals surface area contributed by atoms with E-state index in [9.17, 15) is 4.79 Å². The number of aryl methyl sites for hydroxylation is 1. The molecule has 6 nitrogen and oxygen atoms in total. The molecule has 116 valence electrons. The summed E-state index contributed by atoms with van der Waals surface area (Å²) < 4.78 is 10.2. The van der Waals surface area contributed by atoms with Crippen molar-refractivity contribution < 1.29 is 13.9 Å². The third kappa shape index (κ3) is 4.23. The summed E-state index contributed by atoms with van der Waals surface area (Å²) in [7, 11) is 1.62. The lowest BCUT2D eigenvalue weighted by Gasteiger charge is -2.11. The van der Waals surface area contributed by atoms with Crippen LogP contribution in [-0.4, -0.2) is 18.1 Å². The number of hydrogen-bond acceptors (Lipinski definition) is 4. The lowest BCUT2D eigenvalue weighted by Crippen LogP contribution is -2.46. The van der Waals surface area contributed by atoms with Gasteiger partial charge in [-0.05, 0) is 42.9 Å². The van der Waals surface area contributed by atoms with E-state index in [1.54, 1.807) is 20.1 Å². The number of thiocarbonyl (C=S) groups is 1. The fourth-order valence-corrected chi connectivity index (χ4v) is 1.89. The molecule has 0 radical (unpaired) electrons. The van der Waals surface area contributed by atoms with Crippen molar-refractivity contribution in [2.45, 2.75) is 13.5 Å². The van der Waals surface area contributed by atoms with Crippen LogP contribution in [0.2, 0.25) is 0 Å². The molecule has 0 aliphatic rings. The van der Waals surface area contributed by atoms with Gasteiger partial charge in [0.25, 0.3) is 5.91 Å².